The van der Waals surface area contributed by atoms with Gasteiger partial charge < -0.3 is 11.7 Å². The molecule has 0 aromatic heterocycles. The first-order chi connectivity index (χ1) is 4.80. The van der Waals surface area contributed by atoms with Crippen molar-refractivity contribution in [2.75, 3.05) is 0 Å². The van der Waals surface area contributed by atoms with Crippen molar-refractivity contribution in [1.82, 2.24) is 0 Å². The van der Waals surface area contributed by atoms with Crippen LogP contribution in [0.5, 0.6) is 0 Å². The van der Waals surface area contributed by atoms with Crippen LogP contribution in [-0.4, -0.2) is 0 Å². The van der Waals surface area contributed by atoms with Gasteiger partial charge in [-0.2, -0.15) is 0 Å². The molecule has 0 radical (unpaired) electrons. The molecule has 0 aliphatic heterocycles. The Balaban J connectivity index is -0.000000189. The van der Waals surface area contributed by atoms with Gasteiger partial charge in [-0.25, -0.2) is 4.39 Å². The van der Waals surface area contributed by atoms with Crippen molar-refractivity contribution in [3.63, 3.8) is 0 Å². The summed E-state index contributed by atoms with van der Waals surface area (Å²) in [6, 6.07) is 6.12. The van der Waals surface area contributed by atoms with Gasteiger partial charge in [-0.1, -0.05) is 23.7 Å². The van der Waals surface area contributed by atoms with Crippen molar-refractivity contribution in [1.29, 1.82) is 0 Å². The van der Waals surface area contributed by atoms with Crippen molar-refractivity contribution >= 4 is 11.6 Å². The predicted molar refractivity (Wildman–Crippen MR) is 39.9 cm³/mol. The zero-order valence-corrected chi connectivity index (χ0v) is 13.4. The molecule has 0 atom stereocenters. The van der Waals surface area contributed by atoms with Crippen LogP contribution in [0.25, 0.3) is 5.84 Å². The maximum Gasteiger partial charge on any atom is 1.00 e. The molecular formula is C6H7ClFKN2W. The molecule has 1 aromatic rings. The topological polar surface area (TPSA) is 49.8 Å². The van der Waals surface area contributed by atoms with Gasteiger partial charge in [0, 0.05) is 21.1 Å². The van der Waals surface area contributed by atoms with Crippen LogP contribution in [0.2, 0.25) is 5.02 Å². The number of hydrogen-bond donors (Lipinski definition) is 1. The minimum absolute atomic E-state index is 0. The average Bonchev–Trinajstić information content (AvgIpc) is 2.00. The molecule has 0 saturated carbocycles. The first kappa shape index (κ1) is 19.3. The van der Waals surface area contributed by atoms with Gasteiger partial charge in [0.25, 0.3) is 0 Å². The van der Waals surface area contributed by atoms with E-state index in [1.165, 1.54) is 12.1 Å². The van der Waals surface area contributed by atoms with Gasteiger partial charge in [0.2, 0.25) is 0 Å². The van der Waals surface area contributed by atoms with Crippen molar-refractivity contribution in [2.24, 2.45) is 5.84 Å². The fourth-order valence-electron chi connectivity index (χ4n) is 0.439. The Morgan fingerprint density at radius 2 is 1.67 bits per heavy atom. The Bertz CT molecular complexity index is 182. The Morgan fingerprint density at radius 1 is 1.25 bits per heavy atom. The second-order valence-electron chi connectivity index (χ2n) is 1.41. The third-order valence-electron chi connectivity index (χ3n) is 0.824. The summed E-state index contributed by atoms with van der Waals surface area (Å²) in [4.78, 5) is 0. The van der Waals surface area contributed by atoms with E-state index in [-0.39, 0.29) is 83.3 Å². The van der Waals surface area contributed by atoms with Gasteiger partial charge in [0.05, 0.1) is 5.02 Å². The zero-order chi connectivity index (χ0) is 7.98. The summed E-state index contributed by atoms with van der Waals surface area (Å²) < 4.78 is 12.2. The quantitative estimate of drug-likeness (QED) is 0.362. The van der Waals surface area contributed by atoms with Crippen LogP contribution in [0.4, 0.5) is 4.39 Å². The number of halogens is 2. The number of rotatable bonds is 0. The summed E-state index contributed by atoms with van der Waals surface area (Å²) >= 11 is 5.33. The largest absolute Gasteiger partial charge is 1.00 e. The molecule has 0 aliphatic rings. The van der Waals surface area contributed by atoms with E-state index in [1.54, 1.807) is 12.1 Å². The van der Waals surface area contributed by atoms with Gasteiger partial charge in [-0.15, -0.1) is 0 Å². The fraction of sp³-hybridized carbons (Fsp3) is 0. The Hall–Kier alpha value is 1.68. The normalized spacial score (nSPS) is 6.67. The molecule has 0 spiro atoms. The second-order valence-corrected chi connectivity index (χ2v) is 1.82. The molecule has 12 heavy (non-hydrogen) atoms. The first-order valence-corrected chi connectivity index (χ1v) is 2.87. The van der Waals surface area contributed by atoms with Crippen LogP contribution >= 0.6 is 11.6 Å². The van der Waals surface area contributed by atoms with Crippen molar-refractivity contribution in [3.05, 3.63) is 40.9 Å². The zero-order valence-electron chi connectivity index (χ0n) is 6.55. The van der Waals surface area contributed by atoms with E-state index in [2.05, 4.69) is 5.84 Å². The minimum atomic E-state index is -0.367. The Kier molecular flexibility index (Phi) is 20.4. The smallest absolute Gasteiger partial charge is 0.615 e. The third kappa shape index (κ3) is 8.29. The van der Waals surface area contributed by atoms with Crippen molar-refractivity contribution in [3.8, 4) is 0 Å². The molecule has 0 unspecified atom stereocenters. The molecule has 0 fully saturated rings. The Labute approximate surface area is 133 Å². The number of nitrogens with two attached hydrogens (primary N) is 1. The van der Waals surface area contributed by atoms with E-state index in [4.69, 9.17) is 17.4 Å². The number of nitrogens with one attached hydrogen (secondary N) is 1. The van der Waals surface area contributed by atoms with Crippen molar-refractivity contribution < 1.29 is 76.8 Å². The minimum Gasteiger partial charge on any atom is -0.615 e. The van der Waals surface area contributed by atoms with Gasteiger partial charge in [0.15, 0.2) is 0 Å². The first-order valence-electron chi connectivity index (χ1n) is 2.49. The molecule has 0 saturated heterocycles. The van der Waals surface area contributed by atoms with E-state index in [0.717, 1.165) is 0 Å². The summed E-state index contributed by atoms with van der Waals surface area (Å²) in [5, 5.41) is 0.174. The van der Waals surface area contributed by atoms with Crippen LogP contribution in [0.15, 0.2) is 24.3 Å². The molecule has 1 rings (SSSR count). The van der Waals surface area contributed by atoms with E-state index in [0.29, 0.717) is 0 Å². The second kappa shape index (κ2) is 12.7. The predicted octanol–water partition coefficient (Wildman–Crippen LogP) is -0.607. The average molecular weight is 385 g/mol. The summed E-state index contributed by atoms with van der Waals surface area (Å²) in [6.07, 6.45) is 0. The molecule has 0 bridgehead atoms. The third-order valence-corrected chi connectivity index (χ3v) is 1.13. The van der Waals surface area contributed by atoms with Crippen LogP contribution in [0.3, 0.4) is 0 Å². The SMILES string of the molecule is Fc1ccccc1Cl.[K+].[NH-]N.[W]. The monoisotopic (exact) mass is 384 g/mol. The van der Waals surface area contributed by atoms with Crippen LogP contribution in [-0.2, 0) is 21.1 Å². The summed E-state index contributed by atoms with van der Waals surface area (Å²) in [5.41, 5.74) is 0. The van der Waals surface area contributed by atoms with E-state index in [1.807, 2.05) is 0 Å². The van der Waals surface area contributed by atoms with Gasteiger partial charge in [0.1, 0.15) is 5.82 Å². The van der Waals surface area contributed by atoms with Gasteiger partial charge in [-0.3, -0.25) is 0 Å². The molecule has 2 nitrogen and oxygen atoms in total. The summed E-state index contributed by atoms with van der Waals surface area (Å²) in [7, 11) is 0. The van der Waals surface area contributed by atoms with Gasteiger partial charge >= 0.3 is 51.4 Å². The molecule has 6 heteroatoms. The van der Waals surface area contributed by atoms with Crippen LogP contribution in [0.1, 0.15) is 0 Å². The maximum atomic E-state index is 12.2. The molecule has 0 heterocycles. The number of benzene rings is 1. The van der Waals surface area contributed by atoms with E-state index < -0.39 is 0 Å². The standard InChI is InChI=1S/C6H4ClF.K.H3N2.W/c7-5-3-1-2-4-6(5)8;;1-2;/h1-4H;;1H,2H2;/q;+1;-1;. The maximum absolute atomic E-state index is 12.2. The van der Waals surface area contributed by atoms with Crippen LogP contribution in [0, 0.1) is 5.82 Å². The summed E-state index contributed by atoms with van der Waals surface area (Å²) in [5.74, 6) is 8.63. The molecular weight excluding hydrogens is 377 g/mol. The molecule has 1 aromatic carbocycles. The molecule has 62 valence electrons. The van der Waals surface area contributed by atoms with Crippen LogP contribution < -0.4 is 57.2 Å². The van der Waals surface area contributed by atoms with E-state index >= 15 is 0 Å². The van der Waals surface area contributed by atoms with E-state index in [9.17, 15) is 4.39 Å². The molecule has 0 aliphatic carbocycles. The number of hydrogen-bond acceptors (Lipinski definition) is 1. The van der Waals surface area contributed by atoms with Crippen molar-refractivity contribution in [2.45, 2.75) is 0 Å². The molecule has 0 amide bonds. The molecule has 3 N–H and O–H groups in total. The summed E-state index contributed by atoms with van der Waals surface area (Å²) in [6.45, 7) is 0. The fourth-order valence-corrected chi connectivity index (χ4v) is 0.575. The Morgan fingerprint density at radius 3 is 1.92 bits per heavy atom. The van der Waals surface area contributed by atoms with Gasteiger partial charge in [-0.05, 0) is 12.1 Å².